The molecule has 5 aromatic carbocycles. The number of fused-ring (bicyclic) bond motifs is 7. The van der Waals surface area contributed by atoms with E-state index in [1.807, 2.05) is 48.5 Å². The highest BCUT2D eigenvalue weighted by Crippen LogP contribution is 2.48. The second-order valence-electron chi connectivity index (χ2n) is 8.60. The van der Waals surface area contributed by atoms with Gasteiger partial charge in [-0.25, -0.2) is 8.78 Å². The SMILES string of the molecule is Fc1ccc(-c2c(-c3ccc(F)cc3)c3c4ccccc4[nH]c3c3c2[nH]c2ccccc23)cc1. The first kappa shape index (κ1) is 19.1. The normalized spacial score (nSPS) is 11.8. The number of nitrogens with one attached hydrogen (secondary N) is 2. The molecule has 0 bridgehead atoms. The zero-order chi connectivity index (χ0) is 22.8. The molecule has 162 valence electrons. The molecule has 0 atom stereocenters. The minimum atomic E-state index is -0.284. The molecule has 0 saturated heterocycles. The number of halogens is 2. The summed E-state index contributed by atoms with van der Waals surface area (Å²) in [6.45, 7) is 0. The Morgan fingerprint density at radius 1 is 0.441 bits per heavy atom. The van der Waals surface area contributed by atoms with E-state index in [4.69, 9.17) is 0 Å². The third kappa shape index (κ3) is 2.66. The van der Waals surface area contributed by atoms with Gasteiger partial charge in [0.25, 0.3) is 0 Å². The standard InChI is InChI=1S/C30H18F2N2/c31-19-13-9-17(10-14-19)25-26(18-11-15-20(32)16-12-18)29-28(22-6-2-4-8-24(22)33-29)30-27(25)21-5-1-3-7-23(21)34-30/h1-16,33-34H. The first-order valence-corrected chi connectivity index (χ1v) is 11.2. The van der Waals surface area contributed by atoms with Crippen LogP contribution < -0.4 is 0 Å². The number of H-pyrrole nitrogens is 2. The van der Waals surface area contributed by atoms with Crippen molar-refractivity contribution in [3.63, 3.8) is 0 Å². The lowest BCUT2D eigenvalue weighted by Crippen LogP contribution is -1.91. The minimum Gasteiger partial charge on any atom is -0.354 e. The molecule has 0 saturated carbocycles. The van der Waals surface area contributed by atoms with Gasteiger partial charge in [-0.05, 0) is 47.5 Å². The van der Waals surface area contributed by atoms with E-state index in [0.29, 0.717) is 0 Å². The summed E-state index contributed by atoms with van der Waals surface area (Å²) in [5.41, 5.74) is 7.79. The molecule has 7 rings (SSSR count). The van der Waals surface area contributed by atoms with Crippen molar-refractivity contribution in [2.24, 2.45) is 0 Å². The average molecular weight is 444 g/mol. The molecule has 0 unspecified atom stereocenters. The maximum absolute atomic E-state index is 13.9. The van der Waals surface area contributed by atoms with Crippen molar-refractivity contribution < 1.29 is 8.78 Å². The van der Waals surface area contributed by atoms with Crippen molar-refractivity contribution >= 4 is 43.6 Å². The Kier molecular flexibility index (Phi) is 3.94. The largest absolute Gasteiger partial charge is 0.354 e. The number of para-hydroxylation sites is 2. The molecule has 0 aliphatic heterocycles. The fraction of sp³-hybridized carbons (Fsp3) is 0. The van der Waals surface area contributed by atoms with Crippen LogP contribution in [-0.4, -0.2) is 9.97 Å². The lowest BCUT2D eigenvalue weighted by molar-refractivity contribution is 0.627. The van der Waals surface area contributed by atoms with Gasteiger partial charge in [0.2, 0.25) is 0 Å². The van der Waals surface area contributed by atoms with Crippen LogP contribution in [0.2, 0.25) is 0 Å². The van der Waals surface area contributed by atoms with Gasteiger partial charge in [0.15, 0.2) is 0 Å². The van der Waals surface area contributed by atoms with Crippen LogP contribution in [0.15, 0.2) is 97.1 Å². The molecule has 0 aliphatic carbocycles. The molecule has 2 nitrogen and oxygen atoms in total. The molecule has 0 fully saturated rings. The molecule has 2 aromatic heterocycles. The number of hydrogen-bond donors (Lipinski definition) is 2. The Hall–Kier alpha value is -4.44. The van der Waals surface area contributed by atoms with Crippen molar-refractivity contribution in [1.82, 2.24) is 9.97 Å². The number of aromatic nitrogens is 2. The fourth-order valence-corrected chi connectivity index (χ4v) is 5.24. The molecule has 0 amide bonds. The summed E-state index contributed by atoms with van der Waals surface area (Å²) in [6, 6.07) is 29.6. The van der Waals surface area contributed by atoms with Crippen LogP contribution in [0, 0.1) is 11.6 Å². The summed E-state index contributed by atoms with van der Waals surface area (Å²) in [5.74, 6) is -0.568. The van der Waals surface area contributed by atoms with Crippen molar-refractivity contribution in [1.29, 1.82) is 0 Å². The number of aromatic amines is 2. The van der Waals surface area contributed by atoms with Crippen LogP contribution in [-0.2, 0) is 0 Å². The Morgan fingerprint density at radius 3 is 1.50 bits per heavy atom. The monoisotopic (exact) mass is 444 g/mol. The molecule has 4 heteroatoms. The molecule has 7 aromatic rings. The van der Waals surface area contributed by atoms with Crippen LogP contribution in [0.25, 0.3) is 65.9 Å². The van der Waals surface area contributed by atoms with E-state index in [1.165, 1.54) is 24.3 Å². The van der Waals surface area contributed by atoms with Crippen LogP contribution in [0.3, 0.4) is 0 Å². The molecule has 0 aliphatic rings. The molecular weight excluding hydrogens is 426 g/mol. The summed E-state index contributed by atoms with van der Waals surface area (Å²) in [5, 5.41) is 4.36. The van der Waals surface area contributed by atoms with Crippen molar-refractivity contribution in [3.05, 3.63) is 109 Å². The van der Waals surface area contributed by atoms with E-state index in [2.05, 4.69) is 34.2 Å². The molecule has 0 radical (unpaired) electrons. The molecular formula is C30H18F2N2. The van der Waals surface area contributed by atoms with Gasteiger partial charge in [0, 0.05) is 43.7 Å². The van der Waals surface area contributed by atoms with Gasteiger partial charge in [-0.15, -0.1) is 0 Å². The third-order valence-electron chi connectivity index (χ3n) is 6.68. The quantitative estimate of drug-likeness (QED) is 0.268. The highest BCUT2D eigenvalue weighted by molar-refractivity contribution is 6.32. The van der Waals surface area contributed by atoms with E-state index in [9.17, 15) is 8.78 Å². The highest BCUT2D eigenvalue weighted by Gasteiger charge is 2.23. The molecule has 2 N–H and O–H groups in total. The Bertz CT molecular complexity index is 1860. The van der Waals surface area contributed by atoms with Crippen LogP contribution in [0.5, 0.6) is 0 Å². The van der Waals surface area contributed by atoms with Crippen molar-refractivity contribution in [2.75, 3.05) is 0 Å². The highest BCUT2D eigenvalue weighted by atomic mass is 19.1. The smallest absolute Gasteiger partial charge is 0.123 e. The topological polar surface area (TPSA) is 31.6 Å². The average Bonchev–Trinajstić information content (AvgIpc) is 3.43. The number of hydrogen-bond acceptors (Lipinski definition) is 0. The summed E-state index contributed by atoms with van der Waals surface area (Å²) >= 11 is 0. The van der Waals surface area contributed by atoms with E-state index in [0.717, 1.165) is 65.9 Å². The van der Waals surface area contributed by atoms with Gasteiger partial charge in [0.1, 0.15) is 11.6 Å². The maximum Gasteiger partial charge on any atom is 0.123 e. The Balaban J connectivity index is 1.80. The summed E-state index contributed by atoms with van der Waals surface area (Å²) < 4.78 is 27.8. The first-order chi connectivity index (χ1) is 16.7. The van der Waals surface area contributed by atoms with Crippen molar-refractivity contribution in [2.45, 2.75) is 0 Å². The molecule has 2 heterocycles. The van der Waals surface area contributed by atoms with Crippen LogP contribution >= 0.6 is 0 Å². The predicted octanol–water partition coefficient (Wildman–Crippen LogP) is 8.57. The summed E-state index contributed by atoms with van der Waals surface area (Å²) in [4.78, 5) is 7.28. The second-order valence-corrected chi connectivity index (χ2v) is 8.60. The van der Waals surface area contributed by atoms with Gasteiger partial charge in [-0.2, -0.15) is 0 Å². The zero-order valence-corrected chi connectivity index (χ0v) is 18.0. The van der Waals surface area contributed by atoms with E-state index in [1.54, 1.807) is 0 Å². The Labute approximate surface area is 193 Å². The molecule has 0 spiro atoms. The number of rotatable bonds is 2. The van der Waals surface area contributed by atoms with Gasteiger partial charge in [-0.3, -0.25) is 0 Å². The third-order valence-corrected chi connectivity index (χ3v) is 6.68. The van der Waals surface area contributed by atoms with E-state index >= 15 is 0 Å². The fourth-order valence-electron chi connectivity index (χ4n) is 5.24. The van der Waals surface area contributed by atoms with Gasteiger partial charge < -0.3 is 9.97 Å². The number of benzene rings is 5. The zero-order valence-electron chi connectivity index (χ0n) is 18.0. The van der Waals surface area contributed by atoms with E-state index in [-0.39, 0.29) is 11.6 Å². The molecule has 34 heavy (non-hydrogen) atoms. The lowest BCUT2D eigenvalue weighted by atomic mass is 9.88. The van der Waals surface area contributed by atoms with Gasteiger partial charge >= 0.3 is 0 Å². The maximum atomic E-state index is 13.9. The lowest BCUT2D eigenvalue weighted by Gasteiger charge is -2.15. The summed E-state index contributed by atoms with van der Waals surface area (Å²) in [6.07, 6.45) is 0. The van der Waals surface area contributed by atoms with Gasteiger partial charge in [0.05, 0.1) is 11.0 Å². The Morgan fingerprint density at radius 2 is 0.912 bits per heavy atom. The first-order valence-electron chi connectivity index (χ1n) is 11.2. The minimum absolute atomic E-state index is 0.283. The van der Waals surface area contributed by atoms with E-state index < -0.39 is 0 Å². The second kappa shape index (κ2) is 7.03. The van der Waals surface area contributed by atoms with Crippen molar-refractivity contribution in [3.8, 4) is 22.3 Å². The summed E-state index contributed by atoms with van der Waals surface area (Å²) in [7, 11) is 0. The van der Waals surface area contributed by atoms with Crippen LogP contribution in [0.4, 0.5) is 8.78 Å². The van der Waals surface area contributed by atoms with Gasteiger partial charge in [-0.1, -0.05) is 60.7 Å². The van der Waals surface area contributed by atoms with Crippen LogP contribution in [0.1, 0.15) is 0 Å². The predicted molar refractivity (Wildman–Crippen MR) is 136 cm³/mol.